The van der Waals surface area contributed by atoms with Crippen molar-refractivity contribution in [1.82, 2.24) is 0 Å². The minimum absolute atomic E-state index is 0.158. The van der Waals surface area contributed by atoms with Crippen LogP contribution in [0, 0.1) is 0 Å². The Morgan fingerprint density at radius 2 is 1.62 bits per heavy atom. The molecule has 0 spiro atoms. The molecule has 2 aromatic rings. The van der Waals surface area contributed by atoms with Gasteiger partial charge >= 0.3 is 0 Å². The molecule has 1 fully saturated rings. The lowest BCUT2D eigenvalue weighted by Crippen LogP contribution is -2.47. The SMILES string of the molecule is COc1ccc(N2CC[C@](C)(C(=O)Nc3ccc(OC)cc3OC)S2(=O)=O)cc1. The summed E-state index contributed by atoms with van der Waals surface area (Å²) in [6.45, 7) is 1.65. The predicted octanol–water partition coefficient (Wildman–Crippen LogP) is 2.65. The van der Waals surface area contributed by atoms with E-state index in [9.17, 15) is 13.2 Å². The van der Waals surface area contributed by atoms with E-state index >= 15 is 0 Å². The third-order valence-electron chi connectivity index (χ3n) is 5.15. The second-order valence-electron chi connectivity index (χ2n) is 6.78. The zero-order valence-corrected chi connectivity index (χ0v) is 17.6. The normalized spacial score (nSPS) is 20.2. The van der Waals surface area contributed by atoms with Gasteiger partial charge in [0.2, 0.25) is 15.9 Å². The average Bonchev–Trinajstić information content (AvgIpc) is 2.98. The molecule has 0 saturated carbocycles. The molecule has 156 valence electrons. The molecular weight excluding hydrogens is 396 g/mol. The number of methoxy groups -OCH3 is 3. The van der Waals surface area contributed by atoms with Gasteiger partial charge in [-0.2, -0.15) is 0 Å². The van der Waals surface area contributed by atoms with Gasteiger partial charge in [-0.15, -0.1) is 0 Å². The lowest BCUT2D eigenvalue weighted by molar-refractivity contribution is -0.118. The zero-order chi connectivity index (χ0) is 21.2. The minimum atomic E-state index is -3.94. The Kier molecular flexibility index (Phi) is 5.61. The van der Waals surface area contributed by atoms with Crippen LogP contribution in [-0.4, -0.2) is 46.9 Å². The number of ether oxygens (including phenoxy) is 3. The van der Waals surface area contributed by atoms with Crippen LogP contribution in [-0.2, 0) is 14.8 Å². The first-order valence-corrected chi connectivity index (χ1v) is 10.4. The summed E-state index contributed by atoms with van der Waals surface area (Å²) in [6.07, 6.45) is 0.158. The monoisotopic (exact) mass is 420 g/mol. The second-order valence-corrected chi connectivity index (χ2v) is 9.07. The van der Waals surface area contributed by atoms with E-state index in [1.54, 1.807) is 42.5 Å². The maximum Gasteiger partial charge on any atom is 0.249 e. The van der Waals surface area contributed by atoms with Gasteiger partial charge in [-0.3, -0.25) is 9.10 Å². The van der Waals surface area contributed by atoms with E-state index in [0.717, 1.165) is 0 Å². The summed E-state index contributed by atoms with van der Waals surface area (Å²) < 4.78 is 41.7. The van der Waals surface area contributed by atoms with E-state index in [0.29, 0.717) is 28.6 Å². The van der Waals surface area contributed by atoms with E-state index in [-0.39, 0.29) is 13.0 Å². The van der Waals surface area contributed by atoms with E-state index in [1.807, 2.05) is 0 Å². The number of nitrogens with one attached hydrogen (secondary N) is 1. The fourth-order valence-electron chi connectivity index (χ4n) is 3.21. The van der Waals surface area contributed by atoms with Crippen LogP contribution in [0.3, 0.4) is 0 Å². The predicted molar refractivity (Wildman–Crippen MR) is 110 cm³/mol. The van der Waals surface area contributed by atoms with E-state index in [4.69, 9.17) is 14.2 Å². The summed E-state index contributed by atoms with van der Waals surface area (Å²) in [5, 5.41) is 2.70. The van der Waals surface area contributed by atoms with Gasteiger partial charge in [-0.25, -0.2) is 8.42 Å². The lowest BCUT2D eigenvalue weighted by Gasteiger charge is -2.25. The number of benzene rings is 2. The van der Waals surface area contributed by atoms with E-state index in [2.05, 4.69) is 5.32 Å². The molecule has 1 aliphatic rings. The third kappa shape index (κ3) is 3.57. The molecule has 0 unspecified atom stereocenters. The highest BCUT2D eigenvalue weighted by molar-refractivity contribution is 7.95. The molecule has 9 heteroatoms. The van der Waals surface area contributed by atoms with Crippen LogP contribution in [0.4, 0.5) is 11.4 Å². The highest BCUT2D eigenvalue weighted by Gasteiger charge is 2.54. The summed E-state index contributed by atoms with van der Waals surface area (Å²) in [4.78, 5) is 13.0. The fraction of sp³-hybridized carbons (Fsp3) is 0.350. The van der Waals surface area contributed by atoms with Crippen LogP contribution in [0.1, 0.15) is 13.3 Å². The Morgan fingerprint density at radius 1 is 1.00 bits per heavy atom. The van der Waals surface area contributed by atoms with Gasteiger partial charge in [0.25, 0.3) is 0 Å². The number of amides is 1. The van der Waals surface area contributed by atoms with Crippen LogP contribution in [0.5, 0.6) is 17.2 Å². The Balaban J connectivity index is 1.87. The molecule has 3 rings (SSSR count). The smallest absolute Gasteiger partial charge is 0.249 e. The van der Waals surface area contributed by atoms with E-state index < -0.39 is 20.7 Å². The highest BCUT2D eigenvalue weighted by Crippen LogP contribution is 2.39. The van der Waals surface area contributed by atoms with Crippen molar-refractivity contribution in [2.75, 3.05) is 37.5 Å². The molecule has 0 aromatic heterocycles. The highest BCUT2D eigenvalue weighted by atomic mass is 32.2. The number of anilines is 2. The van der Waals surface area contributed by atoms with Crippen LogP contribution >= 0.6 is 0 Å². The first-order chi connectivity index (χ1) is 13.8. The number of sulfonamides is 1. The number of rotatable bonds is 6. The molecule has 29 heavy (non-hydrogen) atoms. The summed E-state index contributed by atoms with van der Waals surface area (Å²) in [7, 11) is 0.584. The van der Waals surface area contributed by atoms with Crippen LogP contribution in [0.15, 0.2) is 42.5 Å². The average molecular weight is 420 g/mol. The topological polar surface area (TPSA) is 94.2 Å². The molecule has 1 amide bonds. The Morgan fingerprint density at radius 3 is 2.21 bits per heavy atom. The van der Waals surface area contributed by atoms with Gasteiger partial charge in [0.05, 0.1) is 32.7 Å². The number of carbonyl (C=O) groups excluding carboxylic acids is 1. The molecule has 0 bridgehead atoms. The standard InChI is InChI=1S/C20H24N2O6S/c1-20(19(23)21-17-10-9-16(27-3)13-18(17)28-4)11-12-22(29(20,24)25)14-5-7-15(26-2)8-6-14/h5-10,13H,11-12H2,1-4H3,(H,21,23)/t20-/m1/s1. The van der Waals surface area contributed by atoms with Crippen molar-refractivity contribution in [3.63, 3.8) is 0 Å². The molecule has 2 aromatic carbocycles. The van der Waals surface area contributed by atoms with Gasteiger partial charge in [0, 0.05) is 12.6 Å². The summed E-state index contributed by atoms with van der Waals surface area (Å²) in [6, 6.07) is 11.6. The molecule has 1 heterocycles. The number of nitrogens with zero attached hydrogens (tertiary/aromatic N) is 1. The number of hydrogen-bond donors (Lipinski definition) is 1. The molecule has 1 atom stereocenters. The Bertz CT molecular complexity index is 1010. The summed E-state index contributed by atoms with van der Waals surface area (Å²) in [5.41, 5.74) is 0.863. The van der Waals surface area contributed by atoms with Gasteiger partial charge in [-0.05, 0) is 49.7 Å². The van der Waals surface area contributed by atoms with Crippen molar-refractivity contribution in [1.29, 1.82) is 0 Å². The molecule has 1 saturated heterocycles. The third-order valence-corrected chi connectivity index (χ3v) is 7.65. The van der Waals surface area contributed by atoms with Gasteiger partial charge in [0.1, 0.15) is 17.2 Å². The Hall–Kier alpha value is -2.94. The van der Waals surface area contributed by atoms with Gasteiger partial charge in [0.15, 0.2) is 4.75 Å². The lowest BCUT2D eigenvalue weighted by atomic mass is 10.1. The first-order valence-electron chi connectivity index (χ1n) is 8.96. The summed E-state index contributed by atoms with van der Waals surface area (Å²) >= 11 is 0. The zero-order valence-electron chi connectivity index (χ0n) is 16.8. The van der Waals surface area contributed by atoms with Crippen molar-refractivity contribution in [3.05, 3.63) is 42.5 Å². The van der Waals surface area contributed by atoms with Crippen LogP contribution in [0.25, 0.3) is 0 Å². The minimum Gasteiger partial charge on any atom is -0.497 e. The maximum absolute atomic E-state index is 13.2. The molecule has 1 aliphatic heterocycles. The number of hydrogen-bond acceptors (Lipinski definition) is 6. The number of carbonyl (C=O) groups is 1. The van der Waals surface area contributed by atoms with Gasteiger partial charge < -0.3 is 19.5 Å². The molecule has 1 N–H and O–H groups in total. The van der Waals surface area contributed by atoms with Crippen molar-refractivity contribution in [3.8, 4) is 17.2 Å². The molecule has 0 radical (unpaired) electrons. The molecule has 0 aliphatic carbocycles. The largest absolute Gasteiger partial charge is 0.497 e. The van der Waals surface area contributed by atoms with Crippen molar-refractivity contribution in [2.24, 2.45) is 0 Å². The van der Waals surface area contributed by atoms with Crippen molar-refractivity contribution < 1.29 is 27.4 Å². The maximum atomic E-state index is 13.2. The second kappa shape index (κ2) is 7.82. The quantitative estimate of drug-likeness (QED) is 0.772. The molecule has 8 nitrogen and oxygen atoms in total. The van der Waals surface area contributed by atoms with Crippen LogP contribution in [0.2, 0.25) is 0 Å². The fourth-order valence-corrected chi connectivity index (χ4v) is 5.06. The van der Waals surface area contributed by atoms with Crippen molar-refractivity contribution >= 4 is 27.3 Å². The van der Waals surface area contributed by atoms with Crippen molar-refractivity contribution in [2.45, 2.75) is 18.1 Å². The molecular formula is C20H24N2O6S. The first kappa shape index (κ1) is 20.8. The summed E-state index contributed by atoms with van der Waals surface area (Å²) in [5.74, 6) is 0.948. The Labute approximate surface area is 170 Å². The van der Waals surface area contributed by atoms with Gasteiger partial charge in [-0.1, -0.05) is 0 Å². The van der Waals surface area contributed by atoms with E-state index in [1.165, 1.54) is 32.6 Å². The van der Waals surface area contributed by atoms with Crippen LogP contribution < -0.4 is 23.8 Å².